The van der Waals surface area contributed by atoms with Crippen LogP contribution in [0, 0.1) is 0 Å². The minimum absolute atomic E-state index is 0.196. The maximum Gasteiger partial charge on any atom is 0.269 e. The first kappa shape index (κ1) is 9.59. The summed E-state index contributed by atoms with van der Waals surface area (Å²) in [6.45, 7) is 0. The number of rotatable bonds is 2. The second kappa shape index (κ2) is 3.31. The third kappa shape index (κ3) is 1.66. The Bertz CT molecular complexity index is 515. The minimum Gasteiger partial charge on any atom is -0.374 e. The summed E-state index contributed by atoms with van der Waals surface area (Å²) in [6, 6.07) is 1.56. The van der Waals surface area contributed by atoms with E-state index in [1.807, 2.05) is 0 Å². The van der Waals surface area contributed by atoms with Crippen molar-refractivity contribution in [1.82, 2.24) is 20.0 Å². The van der Waals surface area contributed by atoms with Crippen LogP contribution in [0.2, 0.25) is 0 Å². The highest BCUT2D eigenvalue weighted by Crippen LogP contribution is 2.24. The molecule has 7 nitrogen and oxygen atoms in total. The maximum atomic E-state index is 10.9. The van der Waals surface area contributed by atoms with Crippen molar-refractivity contribution in [2.24, 2.45) is 12.8 Å². The van der Waals surface area contributed by atoms with Gasteiger partial charge in [0.15, 0.2) is 10.7 Å². The molecule has 0 saturated carbocycles. The number of nitrogens with two attached hydrogens (primary N) is 2. The van der Waals surface area contributed by atoms with Crippen molar-refractivity contribution < 1.29 is 4.79 Å². The first-order valence-corrected chi connectivity index (χ1v) is 4.83. The lowest BCUT2D eigenvalue weighted by Crippen LogP contribution is -2.11. The largest absolute Gasteiger partial charge is 0.374 e. The molecule has 0 unspecified atom stereocenters. The fourth-order valence-corrected chi connectivity index (χ4v) is 1.78. The monoisotopic (exact) mass is 224 g/mol. The van der Waals surface area contributed by atoms with Crippen LogP contribution in [0.1, 0.15) is 10.5 Å². The number of carbonyl (C=O) groups excluding carboxylic acids is 1. The molecule has 0 radical (unpaired) electrons. The summed E-state index contributed by atoms with van der Waals surface area (Å²) in [5.41, 5.74) is 11.4. The van der Waals surface area contributed by atoms with Crippen molar-refractivity contribution in [3.8, 4) is 10.7 Å². The molecule has 0 atom stereocenters. The Morgan fingerprint density at radius 2 is 2.27 bits per heavy atom. The summed E-state index contributed by atoms with van der Waals surface area (Å²) in [6.07, 6.45) is 0. The van der Waals surface area contributed by atoms with Crippen molar-refractivity contribution >= 4 is 22.4 Å². The van der Waals surface area contributed by atoms with Crippen molar-refractivity contribution in [3.05, 3.63) is 11.8 Å². The molecule has 2 heterocycles. The van der Waals surface area contributed by atoms with Crippen molar-refractivity contribution in [2.45, 2.75) is 0 Å². The first-order valence-electron chi connectivity index (χ1n) is 4.01. The van der Waals surface area contributed by atoms with Gasteiger partial charge < -0.3 is 11.5 Å². The molecule has 2 aromatic heterocycles. The highest BCUT2D eigenvalue weighted by molar-refractivity contribution is 7.18. The number of hydrogen-bond donors (Lipinski definition) is 2. The molecule has 0 aliphatic heterocycles. The van der Waals surface area contributed by atoms with E-state index in [1.54, 1.807) is 13.1 Å². The van der Waals surface area contributed by atoms with Gasteiger partial charge in [-0.1, -0.05) is 11.3 Å². The fraction of sp³-hybridized carbons (Fsp3) is 0.143. The molecule has 0 bridgehead atoms. The van der Waals surface area contributed by atoms with Gasteiger partial charge in [-0.15, -0.1) is 10.2 Å². The van der Waals surface area contributed by atoms with Gasteiger partial charge in [-0.3, -0.25) is 9.48 Å². The summed E-state index contributed by atoms with van der Waals surface area (Å²) >= 11 is 1.22. The molecule has 8 heteroatoms. The lowest BCUT2D eigenvalue weighted by molar-refractivity contribution is 0.0995. The Morgan fingerprint density at radius 1 is 1.53 bits per heavy atom. The lowest BCUT2D eigenvalue weighted by atomic mass is 10.3. The smallest absolute Gasteiger partial charge is 0.269 e. The van der Waals surface area contributed by atoms with E-state index in [0.717, 1.165) is 0 Å². The number of carbonyl (C=O) groups is 1. The molecule has 0 fully saturated rings. The molecule has 0 saturated heterocycles. The van der Waals surface area contributed by atoms with Crippen molar-refractivity contribution in [1.29, 1.82) is 0 Å². The summed E-state index contributed by atoms with van der Waals surface area (Å²) in [7, 11) is 1.69. The minimum atomic E-state index is -0.575. The van der Waals surface area contributed by atoms with Crippen molar-refractivity contribution in [3.63, 3.8) is 0 Å². The third-order valence-corrected chi connectivity index (χ3v) is 2.57. The van der Waals surface area contributed by atoms with E-state index >= 15 is 0 Å². The van der Waals surface area contributed by atoms with Crippen LogP contribution in [0.4, 0.5) is 5.13 Å². The first-order chi connectivity index (χ1) is 7.08. The van der Waals surface area contributed by atoms with Gasteiger partial charge in [-0.25, -0.2) is 0 Å². The van der Waals surface area contributed by atoms with Gasteiger partial charge in [-0.2, -0.15) is 5.10 Å². The third-order valence-electron chi connectivity index (χ3n) is 1.79. The van der Waals surface area contributed by atoms with Crippen LogP contribution < -0.4 is 11.5 Å². The van der Waals surface area contributed by atoms with Crippen LogP contribution in [0.15, 0.2) is 6.07 Å². The molecule has 0 spiro atoms. The predicted octanol–water partition coefficient (Wildman–Crippen LogP) is -0.380. The van der Waals surface area contributed by atoms with Gasteiger partial charge in [0, 0.05) is 7.05 Å². The second-order valence-electron chi connectivity index (χ2n) is 2.85. The van der Waals surface area contributed by atoms with Gasteiger partial charge in [0.05, 0.1) is 5.69 Å². The average molecular weight is 224 g/mol. The van der Waals surface area contributed by atoms with Crippen LogP contribution in [0.3, 0.4) is 0 Å². The van der Waals surface area contributed by atoms with Gasteiger partial charge in [-0.05, 0) is 6.07 Å². The molecule has 15 heavy (non-hydrogen) atoms. The molecule has 2 aromatic rings. The Hall–Kier alpha value is -1.96. The average Bonchev–Trinajstić information content (AvgIpc) is 2.71. The van der Waals surface area contributed by atoms with Crippen LogP contribution in [0.5, 0.6) is 0 Å². The van der Waals surface area contributed by atoms with Gasteiger partial charge in [0.25, 0.3) is 5.91 Å². The van der Waals surface area contributed by atoms with Gasteiger partial charge in [0.1, 0.15) is 0 Å². The predicted molar refractivity (Wildman–Crippen MR) is 55.0 cm³/mol. The van der Waals surface area contributed by atoms with E-state index in [9.17, 15) is 4.79 Å². The zero-order valence-corrected chi connectivity index (χ0v) is 8.65. The van der Waals surface area contributed by atoms with Crippen LogP contribution in [-0.2, 0) is 7.05 Å². The number of aryl methyl sites for hydroxylation is 1. The molecule has 0 aliphatic rings. The SMILES string of the molecule is Cn1nc(C(N)=O)cc1-c1nnc(N)s1. The Balaban J connectivity index is 2.49. The number of hydrogen-bond acceptors (Lipinski definition) is 6. The standard InChI is InChI=1S/C7H8N6OS/c1-13-4(2-3(12-13)5(8)14)6-10-11-7(9)15-6/h2H,1H3,(H2,8,14)(H2,9,11). The zero-order chi connectivity index (χ0) is 11.0. The molecular weight excluding hydrogens is 216 g/mol. The molecule has 1 amide bonds. The van der Waals surface area contributed by atoms with Gasteiger partial charge in [0.2, 0.25) is 5.13 Å². The molecule has 2 rings (SSSR count). The Kier molecular flexibility index (Phi) is 2.12. The number of nitrogens with zero attached hydrogens (tertiary/aromatic N) is 4. The number of nitrogen functional groups attached to an aromatic ring is 1. The zero-order valence-electron chi connectivity index (χ0n) is 7.84. The van der Waals surface area contributed by atoms with Crippen LogP contribution in [0.25, 0.3) is 10.7 Å². The summed E-state index contributed by atoms with van der Waals surface area (Å²) < 4.78 is 1.51. The maximum absolute atomic E-state index is 10.9. The summed E-state index contributed by atoms with van der Waals surface area (Å²) in [5, 5.41) is 12.4. The van der Waals surface area contributed by atoms with Gasteiger partial charge >= 0.3 is 0 Å². The van der Waals surface area contributed by atoms with E-state index in [-0.39, 0.29) is 5.69 Å². The van der Waals surface area contributed by atoms with Crippen LogP contribution in [-0.4, -0.2) is 25.9 Å². The number of primary amides is 1. The molecular formula is C7H8N6OS. The van der Waals surface area contributed by atoms with E-state index in [0.29, 0.717) is 15.8 Å². The second-order valence-corrected chi connectivity index (χ2v) is 3.86. The van der Waals surface area contributed by atoms with Crippen LogP contribution >= 0.6 is 11.3 Å². The summed E-state index contributed by atoms with van der Waals surface area (Å²) in [5.74, 6) is -0.575. The number of anilines is 1. The van der Waals surface area contributed by atoms with E-state index in [4.69, 9.17) is 11.5 Å². The molecule has 0 aliphatic carbocycles. The fourth-order valence-electron chi connectivity index (χ4n) is 1.13. The lowest BCUT2D eigenvalue weighted by Gasteiger charge is -1.93. The topological polar surface area (TPSA) is 113 Å². The molecule has 4 N–H and O–H groups in total. The molecule has 0 aromatic carbocycles. The number of aromatic nitrogens is 4. The number of amides is 1. The highest BCUT2D eigenvalue weighted by Gasteiger charge is 2.14. The van der Waals surface area contributed by atoms with E-state index in [2.05, 4.69) is 15.3 Å². The van der Waals surface area contributed by atoms with E-state index < -0.39 is 5.91 Å². The Morgan fingerprint density at radius 3 is 2.73 bits per heavy atom. The molecule has 78 valence electrons. The van der Waals surface area contributed by atoms with Crippen molar-refractivity contribution in [2.75, 3.05) is 5.73 Å². The normalized spacial score (nSPS) is 10.5. The highest BCUT2D eigenvalue weighted by atomic mass is 32.1. The Labute approximate surface area is 88.7 Å². The summed E-state index contributed by atoms with van der Waals surface area (Å²) in [4.78, 5) is 10.9. The quantitative estimate of drug-likeness (QED) is 0.721. The van der Waals surface area contributed by atoms with E-state index in [1.165, 1.54) is 16.0 Å².